The molecule has 1 aromatic rings. The van der Waals surface area contributed by atoms with Gasteiger partial charge in [-0.15, -0.1) is 0 Å². The summed E-state index contributed by atoms with van der Waals surface area (Å²) in [5.74, 6) is -0.409. The van der Waals surface area contributed by atoms with E-state index in [1.807, 2.05) is 0 Å². The quantitative estimate of drug-likeness (QED) is 0.339. The van der Waals surface area contributed by atoms with Crippen molar-refractivity contribution in [3.8, 4) is 11.5 Å². The van der Waals surface area contributed by atoms with Gasteiger partial charge in [0.25, 0.3) is 0 Å². The molecule has 0 aliphatic rings. The van der Waals surface area contributed by atoms with Gasteiger partial charge in [-0.2, -0.15) is 0 Å². The Balaban J connectivity index is 2.40. The summed E-state index contributed by atoms with van der Waals surface area (Å²) in [6.07, 6.45) is 8.85. The van der Waals surface area contributed by atoms with Crippen LogP contribution in [-0.2, 0) is 4.33 Å². The van der Waals surface area contributed by atoms with Gasteiger partial charge in [0, 0.05) is 5.56 Å². The normalized spacial score (nSPS) is 11.8. The van der Waals surface area contributed by atoms with Gasteiger partial charge < -0.3 is 10.2 Å². The van der Waals surface area contributed by atoms with E-state index in [1.165, 1.54) is 38.2 Å². The van der Waals surface area contributed by atoms with Crippen molar-refractivity contribution >= 4 is 23.2 Å². The van der Waals surface area contributed by atoms with Crippen molar-refractivity contribution in [1.82, 2.24) is 0 Å². The zero-order chi connectivity index (χ0) is 15.0. The summed E-state index contributed by atoms with van der Waals surface area (Å²) >= 11 is 12.6. The first-order valence-corrected chi connectivity index (χ1v) is 8.14. The van der Waals surface area contributed by atoms with Gasteiger partial charge in [-0.05, 0) is 12.5 Å². The van der Waals surface area contributed by atoms with Crippen molar-refractivity contribution in [2.24, 2.45) is 0 Å². The third-order valence-electron chi connectivity index (χ3n) is 3.50. The van der Waals surface area contributed by atoms with E-state index in [2.05, 4.69) is 6.92 Å². The molecule has 20 heavy (non-hydrogen) atoms. The Morgan fingerprint density at radius 1 is 0.950 bits per heavy atom. The molecule has 2 N–H and O–H groups in total. The van der Waals surface area contributed by atoms with Crippen LogP contribution in [0, 0.1) is 0 Å². The summed E-state index contributed by atoms with van der Waals surface area (Å²) in [6.45, 7) is 2.21. The van der Waals surface area contributed by atoms with Gasteiger partial charge in [0.15, 0.2) is 11.5 Å². The molecule has 0 unspecified atom stereocenters. The number of unbranched alkanes of at least 4 members (excludes halogenated alkanes) is 6. The van der Waals surface area contributed by atoms with Crippen LogP contribution in [0.4, 0.5) is 0 Å². The fraction of sp³-hybridized carbons (Fsp3) is 0.625. The average molecular weight is 319 g/mol. The second-order valence-electron chi connectivity index (χ2n) is 5.25. The van der Waals surface area contributed by atoms with E-state index in [9.17, 15) is 10.2 Å². The molecule has 0 heterocycles. The molecule has 1 rings (SSSR count). The van der Waals surface area contributed by atoms with E-state index in [0.717, 1.165) is 12.8 Å². The van der Waals surface area contributed by atoms with Crippen LogP contribution in [0.5, 0.6) is 11.5 Å². The van der Waals surface area contributed by atoms with Crippen molar-refractivity contribution < 1.29 is 10.2 Å². The van der Waals surface area contributed by atoms with Crippen molar-refractivity contribution in [3.63, 3.8) is 0 Å². The zero-order valence-corrected chi connectivity index (χ0v) is 13.6. The summed E-state index contributed by atoms with van der Waals surface area (Å²) < 4.78 is -1.15. The van der Waals surface area contributed by atoms with E-state index >= 15 is 0 Å². The molecule has 0 atom stereocenters. The van der Waals surface area contributed by atoms with Crippen LogP contribution >= 0.6 is 23.2 Å². The molecule has 0 aromatic heterocycles. The Morgan fingerprint density at radius 3 is 2.20 bits per heavy atom. The Labute approximate surface area is 131 Å². The van der Waals surface area contributed by atoms with Crippen LogP contribution in [0.2, 0.25) is 0 Å². The molecule has 0 bridgehead atoms. The Bertz CT molecular complexity index is 405. The molecule has 0 aliphatic carbocycles. The fourth-order valence-electron chi connectivity index (χ4n) is 2.27. The van der Waals surface area contributed by atoms with Crippen LogP contribution < -0.4 is 0 Å². The number of aromatic hydroxyl groups is 2. The molecule has 0 spiro atoms. The molecule has 0 fully saturated rings. The molecular weight excluding hydrogens is 295 g/mol. The number of phenols is 2. The highest BCUT2D eigenvalue weighted by molar-refractivity contribution is 6.48. The third-order valence-corrected chi connectivity index (χ3v) is 4.29. The van der Waals surface area contributed by atoms with Crippen LogP contribution in [-0.4, -0.2) is 10.2 Å². The molecular formula is C16H24Cl2O2. The Morgan fingerprint density at radius 2 is 1.55 bits per heavy atom. The Kier molecular flexibility index (Phi) is 7.53. The lowest BCUT2D eigenvalue weighted by Gasteiger charge is -2.21. The number of phenolic OH excluding ortho intramolecular Hbond substituents is 2. The predicted molar refractivity (Wildman–Crippen MR) is 85.8 cm³/mol. The highest BCUT2D eigenvalue weighted by Gasteiger charge is 2.29. The summed E-state index contributed by atoms with van der Waals surface area (Å²) in [4.78, 5) is 0. The molecule has 4 heteroatoms. The molecule has 2 nitrogen and oxygen atoms in total. The van der Waals surface area contributed by atoms with Crippen molar-refractivity contribution in [1.29, 1.82) is 0 Å². The molecule has 0 amide bonds. The van der Waals surface area contributed by atoms with Crippen LogP contribution in [0.3, 0.4) is 0 Å². The molecule has 1 aromatic carbocycles. The number of para-hydroxylation sites is 1. The van der Waals surface area contributed by atoms with E-state index in [4.69, 9.17) is 23.2 Å². The maximum atomic E-state index is 9.81. The second kappa shape index (κ2) is 8.63. The van der Waals surface area contributed by atoms with Crippen molar-refractivity contribution in [2.75, 3.05) is 0 Å². The van der Waals surface area contributed by atoms with Gasteiger partial charge in [0.1, 0.15) is 4.33 Å². The van der Waals surface area contributed by atoms with Gasteiger partial charge in [-0.3, -0.25) is 0 Å². The van der Waals surface area contributed by atoms with Gasteiger partial charge in [-0.1, -0.05) is 87.2 Å². The maximum Gasteiger partial charge on any atom is 0.163 e. The largest absolute Gasteiger partial charge is 0.504 e. The van der Waals surface area contributed by atoms with Gasteiger partial charge in [0.2, 0.25) is 0 Å². The maximum absolute atomic E-state index is 9.81. The van der Waals surface area contributed by atoms with E-state index < -0.39 is 4.33 Å². The van der Waals surface area contributed by atoms with Gasteiger partial charge in [0.05, 0.1) is 0 Å². The Hall–Kier alpha value is -0.600. The lowest BCUT2D eigenvalue weighted by molar-refractivity contribution is 0.396. The standard InChI is InChI=1S/C16H24Cl2O2/c1-2-3-4-5-6-7-8-12-16(17,18)13-10-9-11-14(19)15(13)20/h9-11,19-20H,2-8,12H2,1H3. The topological polar surface area (TPSA) is 40.5 Å². The number of rotatable bonds is 9. The molecule has 0 saturated carbocycles. The highest BCUT2D eigenvalue weighted by atomic mass is 35.5. The van der Waals surface area contributed by atoms with Crippen molar-refractivity contribution in [2.45, 2.75) is 62.6 Å². The lowest BCUT2D eigenvalue weighted by Crippen LogP contribution is -2.10. The van der Waals surface area contributed by atoms with E-state index in [0.29, 0.717) is 12.0 Å². The fourth-order valence-corrected chi connectivity index (χ4v) is 2.84. The summed E-state index contributed by atoms with van der Waals surface area (Å²) in [5, 5.41) is 19.3. The lowest BCUT2D eigenvalue weighted by atomic mass is 10.0. The summed E-state index contributed by atoms with van der Waals surface area (Å²) in [7, 11) is 0. The smallest absolute Gasteiger partial charge is 0.163 e. The summed E-state index contributed by atoms with van der Waals surface area (Å²) in [6, 6.07) is 4.70. The number of hydrogen-bond acceptors (Lipinski definition) is 2. The highest BCUT2D eigenvalue weighted by Crippen LogP contribution is 2.45. The minimum Gasteiger partial charge on any atom is -0.504 e. The third kappa shape index (κ3) is 5.41. The average Bonchev–Trinajstić information content (AvgIpc) is 2.40. The van der Waals surface area contributed by atoms with E-state index in [-0.39, 0.29) is 11.5 Å². The van der Waals surface area contributed by atoms with Crippen LogP contribution in [0.15, 0.2) is 18.2 Å². The SMILES string of the molecule is CCCCCCCCCC(Cl)(Cl)c1cccc(O)c1O. The molecule has 114 valence electrons. The second-order valence-corrected chi connectivity index (χ2v) is 6.73. The van der Waals surface area contributed by atoms with Crippen LogP contribution in [0.25, 0.3) is 0 Å². The van der Waals surface area contributed by atoms with Gasteiger partial charge >= 0.3 is 0 Å². The first kappa shape index (κ1) is 17.5. The predicted octanol–water partition coefficient (Wildman–Crippen LogP) is 5.87. The van der Waals surface area contributed by atoms with Gasteiger partial charge in [-0.25, -0.2) is 0 Å². The minimum absolute atomic E-state index is 0.187. The number of benzene rings is 1. The molecule has 0 aliphatic heterocycles. The molecule has 0 radical (unpaired) electrons. The zero-order valence-electron chi connectivity index (χ0n) is 12.0. The molecule has 0 saturated heterocycles. The van der Waals surface area contributed by atoms with E-state index in [1.54, 1.807) is 12.1 Å². The monoisotopic (exact) mass is 318 g/mol. The van der Waals surface area contributed by atoms with Crippen LogP contribution in [0.1, 0.15) is 63.9 Å². The number of hydrogen-bond donors (Lipinski definition) is 2. The summed E-state index contributed by atoms with van der Waals surface area (Å²) in [5.41, 5.74) is 0.381. The first-order chi connectivity index (χ1) is 9.49. The number of alkyl halides is 2. The first-order valence-electron chi connectivity index (χ1n) is 7.38. The minimum atomic E-state index is -1.15. The van der Waals surface area contributed by atoms with Crippen molar-refractivity contribution in [3.05, 3.63) is 23.8 Å². The number of halogens is 2.